The molecule has 0 aliphatic heterocycles. The number of fused-ring (bicyclic) bond motifs is 2. The third kappa shape index (κ3) is 3.36. The molecule has 6 heteroatoms. The molecule has 0 radical (unpaired) electrons. The number of aryl methyl sites for hydroxylation is 3. The van der Waals surface area contributed by atoms with Crippen LogP contribution in [-0.4, -0.2) is 27.4 Å². The van der Waals surface area contributed by atoms with E-state index in [2.05, 4.69) is 38.5 Å². The van der Waals surface area contributed by atoms with E-state index in [4.69, 9.17) is 0 Å². The Bertz CT molecular complexity index is 1180. The lowest BCUT2D eigenvalue weighted by Gasteiger charge is -2.07. The van der Waals surface area contributed by atoms with Crippen molar-refractivity contribution in [2.24, 2.45) is 0 Å². The number of amides is 1. The molecule has 0 unspecified atom stereocenters. The number of aromatic nitrogens is 3. The van der Waals surface area contributed by atoms with Crippen LogP contribution in [0.15, 0.2) is 36.5 Å². The van der Waals surface area contributed by atoms with Gasteiger partial charge in [0.15, 0.2) is 0 Å². The van der Waals surface area contributed by atoms with Gasteiger partial charge in [-0.25, -0.2) is 9.97 Å². The van der Waals surface area contributed by atoms with Gasteiger partial charge in [0.1, 0.15) is 10.7 Å². The van der Waals surface area contributed by atoms with Gasteiger partial charge in [0.05, 0.1) is 10.4 Å². The largest absolute Gasteiger partial charge is 0.351 e. The lowest BCUT2D eigenvalue weighted by atomic mass is 10.1. The Hall–Kier alpha value is -2.86. The summed E-state index contributed by atoms with van der Waals surface area (Å²) >= 11 is 1.45. The Kier molecular flexibility index (Phi) is 5.05. The number of thiophene rings is 1. The van der Waals surface area contributed by atoms with E-state index in [1.807, 2.05) is 32.9 Å². The van der Waals surface area contributed by atoms with Crippen molar-refractivity contribution in [2.75, 3.05) is 6.54 Å². The van der Waals surface area contributed by atoms with Crippen molar-refractivity contribution >= 4 is 38.4 Å². The molecule has 0 aliphatic carbocycles. The fraction of sp³-hybridized carbons (Fsp3) is 0.273. The maximum absolute atomic E-state index is 12.8. The topological polar surface area (TPSA) is 67.8 Å². The number of nitrogens with zero attached hydrogens (tertiary/aromatic N) is 3. The summed E-state index contributed by atoms with van der Waals surface area (Å²) < 4.78 is 0. The minimum absolute atomic E-state index is 0.0499. The van der Waals surface area contributed by atoms with Gasteiger partial charge in [-0.05, 0) is 37.5 Å². The molecule has 142 valence electrons. The first kappa shape index (κ1) is 18.5. The second kappa shape index (κ2) is 7.64. The number of para-hydroxylation sites is 1. The van der Waals surface area contributed by atoms with Gasteiger partial charge in [-0.3, -0.25) is 9.78 Å². The van der Waals surface area contributed by atoms with Crippen LogP contribution < -0.4 is 5.32 Å². The lowest BCUT2D eigenvalue weighted by molar-refractivity contribution is 0.0957. The molecule has 0 aliphatic rings. The van der Waals surface area contributed by atoms with Gasteiger partial charge in [-0.2, -0.15) is 0 Å². The normalized spacial score (nSPS) is 11.2. The third-order valence-electron chi connectivity index (χ3n) is 4.94. The van der Waals surface area contributed by atoms with Gasteiger partial charge in [0.2, 0.25) is 0 Å². The molecule has 1 N–H and O–H groups in total. The van der Waals surface area contributed by atoms with E-state index in [-0.39, 0.29) is 5.91 Å². The summed E-state index contributed by atoms with van der Waals surface area (Å²) in [6, 6.07) is 10.1. The number of nitrogens with one attached hydrogen (secondary N) is 1. The fourth-order valence-electron chi connectivity index (χ4n) is 3.53. The zero-order valence-electron chi connectivity index (χ0n) is 16.2. The number of carbonyl (C=O) groups excluding carboxylic acids is 1. The average Bonchev–Trinajstić information content (AvgIpc) is 3.05. The summed E-state index contributed by atoms with van der Waals surface area (Å²) in [7, 11) is 0. The van der Waals surface area contributed by atoms with E-state index in [9.17, 15) is 4.79 Å². The first-order chi connectivity index (χ1) is 13.6. The molecule has 1 aromatic carbocycles. The number of carbonyl (C=O) groups is 1. The Morgan fingerprint density at radius 1 is 1.14 bits per heavy atom. The summed E-state index contributed by atoms with van der Waals surface area (Å²) in [5, 5.41) is 5.18. The van der Waals surface area contributed by atoms with Crippen LogP contribution in [0.25, 0.3) is 21.1 Å². The van der Waals surface area contributed by atoms with Crippen LogP contribution >= 0.6 is 11.3 Å². The van der Waals surface area contributed by atoms with Gasteiger partial charge in [-0.15, -0.1) is 11.3 Å². The molecule has 5 nitrogen and oxygen atoms in total. The molecule has 4 rings (SSSR count). The summed E-state index contributed by atoms with van der Waals surface area (Å²) in [5.74, 6) is 0.771. The molecule has 3 aromatic heterocycles. The Labute approximate surface area is 167 Å². The Morgan fingerprint density at radius 3 is 2.79 bits per heavy atom. The molecule has 0 atom stereocenters. The van der Waals surface area contributed by atoms with E-state index >= 15 is 0 Å². The monoisotopic (exact) mass is 390 g/mol. The van der Waals surface area contributed by atoms with Gasteiger partial charge in [0, 0.05) is 35.6 Å². The average molecular weight is 391 g/mol. The van der Waals surface area contributed by atoms with Gasteiger partial charge in [0.25, 0.3) is 5.91 Å². The van der Waals surface area contributed by atoms with Gasteiger partial charge in [-0.1, -0.05) is 31.2 Å². The number of hydrogen-bond donors (Lipinski definition) is 1. The molecule has 4 aromatic rings. The Morgan fingerprint density at radius 2 is 1.96 bits per heavy atom. The van der Waals surface area contributed by atoms with Crippen LogP contribution in [0.2, 0.25) is 0 Å². The van der Waals surface area contributed by atoms with Crippen molar-refractivity contribution < 1.29 is 4.79 Å². The van der Waals surface area contributed by atoms with Gasteiger partial charge >= 0.3 is 0 Å². The molecule has 0 bridgehead atoms. The van der Waals surface area contributed by atoms with Crippen molar-refractivity contribution in [1.82, 2.24) is 20.3 Å². The first-order valence-electron chi connectivity index (χ1n) is 9.46. The number of benzene rings is 1. The fourth-order valence-corrected chi connectivity index (χ4v) is 4.70. The first-order valence-corrected chi connectivity index (χ1v) is 10.3. The van der Waals surface area contributed by atoms with Crippen LogP contribution in [0.3, 0.4) is 0 Å². The maximum atomic E-state index is 12.8. The van der Waals surface area contributed by atoms with Crippen LogP contribution in [0.4, 0.5) is 0 Å². The van der Waals surface area contributed by atoms with Gasteiger partial charge < -0.3 is 5.32 Å². The maximum Gasteiger partial charge on any atom is 0.261 e. The van der Waals surface area contributed by atoms with Crippen LogP contribution in [0.5, 0.6) is 0 Å². The summed E-state index contributed by atoms with van der Waals surface area (Å²) in [6.45, 7) is 6.56. The van der Waals surface area contributed by atoms with Crippen molar-refractivity contribution in [3.8, 4) is 0 Å². The van der Waals surface area contributed by atoms with Crippen LogP contribution in [0, 0.1) is 13.8 Å². The minimum Gasteiger partial charge on any atom is -0.351 e. The molecule has 3 heterocycles. The zero-order chi connectivity index (χ0) is 19.7. The number of hydrogen-bond acceptors (Lipinski definition) is 5. The van der Waals surface area contributed by atoms with Crippen molar-refractivity contribution in [3.63, 3.8) is 0 Å². The summed E-state index contributed by atoms with van der Waals surface area (Å²) in [5.41, 5.74) is 4.04. The number of pyridine rings is 1. The SMILES string of the molecule is CCc1nc(C)c2c(C)c(C(=O)NCCc3cccc4cccnc34)sc2n1. The summed E-state index contributed by atoms with van der Waals surface area (Å²) in [4.78, 5) is 28.0. The quantitative estimate of drug-likeness (QED) is 0.549. The second-order valence-electron chi connectivity index (χ2n) is 6.81. The molecular formula is C22H22N4OS. The van der Waals surface area contributed by atoms with E-state index in [0.717, 1.165) is 61.5 Å². The lowest BCUT2D eigenvalue weighted by Crippen LogP contribution is -2.25. The van der Waals surface area contributed by atoms with Crippen LogP contribution in [-0.2, 0) is 12.8 Å². The minimum atomic E-state index is -0.0499. The van der Waals surface area contributed by atoms with E-state index in [1.54, 1.807) is 6.20 Å². The highest BCUT2D eigenvalue weighted by Crippen LogP contribution is 2.31. The predicted octanol–water partition coefficient (Wildman–Crippen LogP) is 4.39. The molecule has 0 fully saturated rings. The van der Waals surface area contributed by atoms with Crippen molar-refractivity contribution in [2.45, 2.75) is 33.6 Å². The number of rotatable bonds is 5. The smallest absolute Gasteiger partial charge is 0.261 e. The second-order valence-corrected chi connectivity index (χ2v) is 7.81. The van der Waals surface area contributed by atoms with E-state index in [1.165, 1.54) is 11.3 Å². The highest BCUT2D eigenvalue weighted by atomic mass is 32.1. The van der Waals surface area contributed by atoms with E-state index in [0.29, 0.717) is 6.54 Å². The predicted molar refractivity (Wildman–Crippen MR) is 114 cm³/mol. The van der Waals surface area contributed by atoms with Crippen molar-refractivity contribution in [3.05, 3.63) is 64.1 Å². The molecule has 28 heavy (non-hydrogen) atoms. The molecule has 0 saturated heterocycles. The van der Waals surface area contributed by atoms with Crippen LogP contribution in [0.1, 0.15) is 39.2 Å². The summed E-state index contributed by atoms with van der Waals surface area (Å²) in [6.07, 6.45) is 3.33. The molecule has 0 saturated carbocycles. The molecule has 0 spiro atoms. The molecule has 1 amide bonds. The Balaban J connectivity index is 1.52. The van der Waals surface area contributed by atoms with Crippen molar-refractivity contribution in [1.29, 1.82) is 0 Å². The van der Waals surface area contributed by atoms with E-state index < -0.39 is 0 Å². The highest BCUT2D eigenvalue weighted by molar-refractivity contribution is 7.20. The zero-order valence-corrected chi connectivity index (χ0v) is 17.1. The highest BCUT2D eigenvalue weighted by Gasteiger charge is 2.18. The standard InChI is InChI=1S/C22H22N4OS/c1-4-17-25-14(3)18-13(2)20(28-22(18)26-17)21(27)24-12-10-16-8-5-7-15-9-6-11-23-19(15)16/h5-9,11H,4,10,12H2,1-3H3,(H,24,27). The molecular weight excluding hydrogens is 368 g/mol. The third-order valence-corrected chi connectivity index (χ3v) is 6.12.